The van der Waals surface area contributed by atoms with Gasteiger partial charge in [-0.3, -0.25) is 0 Å². The van der Waals surface area contributed by atoms with E-state index in [1.807, 2.05) is 6.92 Å². The van der Waals surface area contributed by atoms with E-state index in [2.05, 4.69) is 10.3 Å². The van der Waals surface area contributed by atoms with E-state index in [1.54, 1.807) is 6.92 Å². The fourth-order valence-corrected chi connectivity index (χ4v) is 0.351. The first-order valence-electron chi connectivity index (χ1n) is 2.75. The van der Waals surface area contributed by atoms with Crippen molar-refractivity contribution in [2.45, 2.75) is 13.8 Å². The fourth-order valence-electron chi connectivity index (χ4n) is 0.351. The second-order valence-electron chi connectivity index (χ2n) is 1.59. The Morgan fingerprint density at radius 1 is 1.78 bits per heavy atom. The Morgan fingerprint density at radius 3 is 2.67 bits per heavy atom. The van der Waals surface area contributed by atoms with Crippen molar-refractivity contribution < 1.29 is 4.79 Å². The van der Waals surface area contributed by atoms with Crippen LogP contribution in [0.3, 0.4) is 0 Å². The third-order valence-electron chi connectivity index (χ3n) is 0.606. The number of hydrogen-bond donors (Lipinski definition) is 2. The molecule has 0 rings (SSSR count). The van der Waals surface area contributed by atoms with E-state index in [-0.39, 0.29) is 11.9 Å². The molecular formula is C5H11N3O. The topological polar surface area (TPSA) is 67.5 Å². The van der Waals surface area contributed by atoms with Gasteiger partial charge < -0.3 is 11.1 Å². The molecule has 0 bridgehead atoms. The van der Waals surface area contributed by atoms with Crippen molar-refractivity contribution in [1.82, 2.24) is 5.32 Å². The number of carbonyl (C=O) groups excluding carboxylic acids is 1. The van der Waals surface area contributed by atoms with Gasteiger partial charge in [0.25, 0.3) is 0 Å². The molecule has 0 atom stereocenters. The molecule has 0 saturated carbocycles. The van der Waals surface area contributed by atoms with Crippen LogP contribution < -0.4 is 11.1 Å². The second-order valence-corrected chi connectivity index (χ2v) is 1.59. The SMILES string of the molecule is CCNC(=O)/N=C(\C)N. The quantitative estimate of drug-likeness (QED) is 0.389. The summed E-state index contributed by atoms with van der Waals surface area (Å²) >= 11 is 0. The van der Waals surface area contributed by atoms with E-state index < -0.39 is 0 Å². The largest absolute Gasteiger partial charge is 0.387 e. The van der Waals surface area contributed by atoms with Crippen LogP contribution in [0.4, 0.5) is 4.79 Å². The number of urea groups is 1. The number of nitrogens with one attached hydrogen (secondary N) is 1. The summed E-state index contributed by atoms with van der Waals surface area (Å²) in [6.45, 7) is 3.96. The Morgan fingerprint density at radius 2 is 2.33 bits per heavy atom. The minimum atomic E-state index is -0.377. The van der Waals surface area contributed by atoms with E-state index in [9.17, 15) is 4.79 Å². The Labute approximate surface area is 54.1 Å². The lowest BCUT2D eigenvalue weighted by Gasteiger charge is -1.93. The molecule has 4 nitrogen and oxygen atoms in total. The van der Waals surface area contributed by atoms with Crippen molar-refractivity contribution in [3.8, 4) is 0 Å². The zero-order valence-electron chi connectivity index (χ0n) is 5.64. The number of carbonyl (C=O) groups is 1. The van der Waals surface area contributed by atoms with Gasteiger partial charge in [-0.1, -0.05) is 0 Å². The van der Waals surface area contributed by atoms with Crippen LogP contribution in [-0.4, -0.2) is 18.4 Å². The smallest absolute Gasteiger partial charge is 0.342 e. The zero-order chi connectivity index (χ0) is 7.28. The number of rotatable bonds is 1. The molecule has 0 aromatic carbocycles. The molecule has 0 saturated heterocycles. The summed E-state index contributed by atoms with van der Waals surface area (Å²) in [7, 11) is 0. The van der Waals surface area contributed by atoms with Gasteiger partial charge in [0.2, 0.25) is 0 Å². The summed E-state index contributed by atoms with van der Waals surface area (Å²) < 4.78 is 0. The van der Waals surface area contributed by atoms with Crippen LogP contribution >= 0.6 is 0 Å². The number of nitrogens with two attached hydrogens (primary N) is 1. The maximum absolute atomic E-state index is 10.5. The Bertz CT molecular complexity index is 126. The van der Waals surface area contributed by atoms with Gasteiger partial charge in [-0.15, -0.1) is 0 Å². The zero-order valence-corrected chi connectivity index (χ0v) is 5.64. The standard InChI is InChI=1S/C5H11N3O/c1-3-7-5(9)8-4(2)6/h3H2,1-2H3,(H3,6,7,8,9). The van der Waals surface area contributed by atoms with Crippen LogP contribution in [0.25, 0.3) is 0 Å². The summed E-state index contributed by atoms with van der Waals surface area (Å²) in [6.07, 6.45) is 0. The Balaban J connectivity index is 3.63. The van der Waals surface area contributed by atoms with Crippen LogP contribution in [-0.2, 0) is 0 Å². The molecule has 0 aromatic heterocycles. The molecule has 0 unspecified atom stereocenters. The van der Waals surface area contributed by atoms with Crippen LogP contribution in [0, 0.1) is 0 Å². The average Bonchev–Trinajstić information content (AvgIpc) is 1.63. The Kier molecular flexibility index (Phi) is 3.43. The van der Waals surface area contributed by atoms with E-state index in [0.29, 0.717) is 6.54 Å². The molecule has 0 aliphatic heterocycles. The molecule has 0 aromatic rings. The lowest BCUT2D eigenvalue weighted by atomic mass is 10.7. The summed E-state index contributed by atoms with van der Waals surface area (Å²) in [4.78, 5) is 13.9. The molecule has 0 aliphatic rings. The lowest BCUT2D eigenvalue weighted by Crippen LogP contribution is -2.21. The summed E-state index contributed by atoms with van der Waals surface area (Å²) in [5.41, 5.74) is 5.11. The number of aliphatic imine (C=N–C) groups is 1. The highest BCUT2D eigenvalue weighted by Gasteiger charge is 1.91. The maximum atomic E-state index is 10.5. The van der Waals surface area contributed by atoms with Crippen molar-refractivity contribution in [3.05, 3.63) is 0 Å². The average molecular weight is 129 g/mol. The van der Waals surface area contributed by atoms with Crippen molar-refractivity contribution in [2.24, 2.45) is 10.7 Å². The molecule has 4 heteroatoms. The van der Waals surface area contributed by atoms with Crippen LogP contribution in [0.15, 0.2) is 4.99 Å². The first-order valence-corrected chi connectivity index (χ1v) is 2.75. The van der Waals surface area contributed by atoms with Gasteiger partial charge >= 0.3 is 6.03 Å². The van der Waals surface area contributed by atoms with E-state index in [1.165, 1.54) is 0 Å². The molecule has 0 fully saturated rings. The maximum Gasteiger partial charge on any atom is 0.342 e. The molecule has 9 heavy (non-hydrogen) atoms. The molecule has 0 heterocycles. The molecule has 3 N–H and O–H groups in total. The van der Waals surface area contributed by atoms with E-state index in [4.69, 9.17) is 5.73 Å². The normalized spacial score (nSPS) is 11.1. The molecule has 0 spiro atoms. The van der Waals surface area contributed by atoms with Gasteiger partial charge in [-0.25, -0.2) is 4.79 Å². The number of amides is 2. The predicted molar refractivity (Wildman–Crippen MR) is 36.4 cm³/mol. The van der Waals surface area contributed by atoms with Gasteiger partial charge in [-0.2, -0.15) is 4.99 Å². The lowest BCUT2D eigenvalue weighted by molar-refractivity contribution is 0.250. The van der Waals surface area contributed by atoms with Crippen molar-refractivity contribution >= 4 is 11.9 Å². The van der Waals surface area contributed by atoms with Crippen LogP contribution in [0.1, 0.15) is 13.8 Å². The summed E-state index contributed by atoms with van der Waals surface area (Å²) in [6, 6.07) is -0.377. The summed E-state index contributed by atoms with van der Waals surface area (Å²) in [5, 5.41) is 2.47. The van der Waals surface area contributed by atoms with Crippen molar-refractivity contribution in [3.63, 3.8) is 0 Å². The number of nitrogens with zero attached hydrogens (tertiary/aromatic N) is 1. The highest BCUT2D eigenvalue weighted by Crippen LogP contribution is 1.72. The van der Waals surface area contributed by atoms with Crippen LogP contribution in [0.2, 0.25) is 0 Å². The van der Waals surface area contributed by atoms with Gasteiger partial charge in [0.05, 0.1) is 0 Å². The third kappa shape index (κ3) is 4.80. The van der Waals surface area contributed by atoms with Gasteiger partial charge in [-0.05, 0) is 13.8 Å². The minimum absolute atomic E-state index is 0.279. The van der Waals surface area contributed by atoms with Gasteiger partial charge in [0, 0.05) is 6.54 Å². The molecule has 0 radical (unpaired) electrons. The third-order valence-corrected chi connectivity index (χ3v) is 0.606. The molecular weight excluding hydrogens is 118 g/mol. The summed E-state index contributed by atoms with van der Waals surface area (Å²) in [5.74, 6) is 0.279. The predicted octanol–water partition coefficient (Wildman–Crippen LogP) is 0.0930. The van der Waals surface area contributed by atoms with E-state index >= 15 is 0 Å². The highest BCUT2D eigenvalue weighted by molar-refractivity contribution is 5.91. The first-order chi connectivity index (χ1) is 4.16. The highest BCUT2D eigenvalue weighted by atomic mass is 16.2. The molecule has 52 valence electrons. The van der Waals surface area contributed by atoms with Gasteiger partial charge in [0.15, 0.2) is 0 Å². The minimum Gasteiger partial charge on any atom is -0.387 e. The molecule has 2 amide bonds. The van der Waals surface area contributed by atoms with Crippen molar-refractivity contribution in [1.29, 1.82) is 0 Å². The monoisotopic (exact) mass is 129 g/mol. The van der Waals surface area contributed by atoms with Crippen molar-refractivity contribution in [2.75, 3.05) is 6.54 Å². The fraction of sp³-hybridized carbons (Fsp3) is 0.600. The molecule has 0 aliphatic carbocycles. The number of hydrogen-bond acceptors (Lipinski definition) is 1. The first kappa shape index (κ1) is 7.94. The van der Waals surface area contributed by atoms with Crippen LogP contribution in [0.5, 0.6) is 0 Å². The van der Waals surface area contributed by atoms with Gasteiger partial charge in [0.1, 0.15) is 5.84 Å². The Hall–Kier alpha value is -1.06. The van der Waals surface area contributed by atoms with E-state index in [0.717, 1.165) is 0 Å². The number of amidine groups is 1. The second kappa shape index (κ2) is 3.88.